The number of benzene rings is 1. The van der Waals surface area contributed by atoms with E-state index >= 15 is 0 Å². The highest BCUT2D eigenvalue weighted by Gasteiger charge is 2.31. The lowest BCUT2D eigenvalue weighted by atomic mass is 10.00. The first-order chi connectivity index (χ1) is 14.9. The zero-order chi connectivity index (χ0) is 24.4. The molecule has 1 aromatic rings. The lowest BCUT2D eigenvalue weighted by molar-refractivity contribution is -0.143. The second-order valence-electron chi connectivity index (χ2n) is 8.10. The van der Waals surface area contributed by atoms with Crippen molar-refractivity contribution in [3.8, 4) is 0 Å². The number of carbonyl (C=O) groups excluding carboxylic acids is 3. The van der Waals surface area contributed by atoms with Crippen molar-refractivity contribution in [1.29, 1.82) is 0 Å². The number of carboxylic acid groups (broad SMARTS) is 1. The molecule has 1 aromatic carbocycles. The Morgan fingerprint density at radius 3 is 2.09 bits per heavy atom. The van der Waals surface area contributed by atoms with Crippen molar-refractivity contribution in [2.75, 3.05) is 11.9 Å². The van der Waals surface area contributed by atoms with E-state index in [1.807, 2.05) is 13.8 Å². The van der Waals surface area contributed by atoms with E-state index in [9.17, 15) is 33.8 Å². The topological polar surface area (TPSA) is 157 Å². The van der Waals surface area contributed by atoms with Crippen LogP contribution in [0.4, 0.5) is 14.9 Å². The summed E-state index contributed by atoms with van der Waals surface area (Å²) in [5, 5.41) is 28.3. The minimum absolute atomic E-state index is 0.0230. The lowest BCUT2D eigenvalue weighted by Crippen LogP contribution is -2.57. The Bertz CT molecular complexity index is 817. The van der Waals surface area contributed by atoms with Crippen molar-refractivity contribution in [3.63, 3.8) is 0 Å². The highest BCUT2D eigenvalue weighted by atomic mass is 19.1. The third kappa shape index (κ3) is 8.88. The van der Waals surface area contributed by atoms with Gasteiger partial charge < -0.3 is 31.5 Å². The fourth-order valence-electron chi connectivity index (χ4n) is 2.83. The van der Waals surface area contributed by atoms with Crippen LogP contribution in [-0.4, -0.2) is 58.8 Å². The molecule has 11 heteroatoms. The molecule has 178 valence electrons. The molecule has 0 spiro atoms. The van der Waals surface area contributed by atoms with Crippen LogP contribution >= 0.6 is 0 Å². The molecule has 0 aromatic heterocycles. The number of carbonyl (C=O) groups is 4. The predicted molar refractivity (Wildman–Crippen MR) is 115 cm³/mol. The van der Waals surface area contributed by atoms with Gasteiger partial charge in [-0.1, -0.05) is 33.8 Å². The number of hydrogen-bond acceptors (Lipinski definition) is 5. The number of hydrogen-bond donors (Lipinski definition) is 6. The molecular formula is C21H31FN4O6. The SMILES string of the molecule is CC(C)C[C@H](NC(=O)[C@H](CO)NC(=O)Nc1cccc(F)c1)C(=O)N[C@H](C(=O)O)C(C)C. The Morgan fingerprint density at radius 2 is 1.59 bits per heavy atom. The van der Waals surface area contributed by atoms with Crippen LogP contribution < -0.4 is 21.3 Å². The first-order valence-corrected chi connectivity index (χ1v) is 10.2. The molecule has 0 saturated carbocycles. The van der Waals surface area contributed by atoms with Gasteiger partial charge in [0.25, 0.3) is 0 Å². The van der Waals surface area contributed by atoms with Crippen LogP contribution in [0.1, 0.15) is 34.1 Å². The smallest absolute Gasteiger partial charge is 0.326 e. The van der Waals surface area contributed by atoms with Gasteiger partial charge in [0.2, 0.25) is 11.8 Å². The summed E-state index contributed by atoms with van der Waals surface area (Å²) < 4.78 is 13.2. The summed E-state index contributed by atoms with van der Waals surface area (Å²) in [6, 6.07) is 0.617. The van der Waals surface area contributed by atoms with Crippen LogP contribution in [0, 0.1) is 17.7 Å². The van der Waals surface area contributed by atoms with Crippen molar-refractivity contribution >= 4 is 29.5 Å². The van der Waals surface area contributed by atoms with E-state index < -0.39 is 54.4 Å². The normalized spacial score (nSPS) is 13.8. The molecule has 0 aliphatic rings. The maximum atomic E-state index is 13.2. The molecule has 0 radical (unpaired) electrons. The molecular weight excluding hydrogens is 423 g/mol. The summed E-state index contributed by atoms with van der Waals surface area (Å²) in [7, 11) is 0. The second-order valence-corrected chi connectivity index (χ2v) is 8.10. The molecule has 0 unspecified atom stereocenters. The molecule has 3 atom stereocenters. The molecule has 4 amide bonds. The number of amides is 4. The van der Waals surface area contributed by atoms with E-state index in [1.54, 1.807) is 13.8 Å². The summed E-state index contributed by atoms with van der Waals surface area (Å²) >= 11 is 0. The van der Waals surface area contributed by atoms with Gasteiger partial charge in [0, 0.05) is 5.69 Å². The minimum Gasteiger partial charge on any atom is -0.480 e. The van der Waals surface area contributed by atoms with Gasteiger partial charge >= 0.3 is 12.0 Å². The van der Waals surface area contributed by atoms with Crippen molar-refractivity contribution in [3.05, 3.63) is 30.1 Å². The Hall–Kier alpha value is -3.21. The van der Waals surface area contributed by atoms with E-state index in [0.717, 1.165) is 6.07 Å². The minimum atomic E-state index is -1.40. The number of aliphatic carboxylic acids is 1. The van der Waals surface area contributed by atoms with Crippen molar-refractivity contribution in [2.24, 2.45) is 11.8 Å². The van der Waals surface area contributed by atoms with Crippen LogP contribution in [0.2, 0.25) is 0 Å². The highest BCUT2D eigenvalue weighted by molar-refractivity contribution is 5.96. The third-order valence-corrected chi connectivity index (χ3v) is 4.46. The molecule has 0 aliphatic carbocycles. The maximum Gasteiger partial charge on any atom is 0.326 e. The number of aliphatic hydroxyl groups is 1. The zero-order valence-electron chi connectivity index (χ0n) is 18.5. The monoisotopic (exact) mass is 454 g/mol. The zero-order valence-corrected chi connectivity index (χ0v) is 18.5. The summed E-state index contributed by atoms with van der Waals surface area (Å²) in [6.07, 6.45) is 0.204. The van der Waals surface area contributed by atoms with E-state index in [4.69, 9.17) is 0 Å². The molecule has 0 heterocycles. The Balaban J connectivity index is 2.84. The third-order valence-electron chi connectivity index (χ3n) is 4.46. The molecule has 6 N–H and O–H groups in total. The Kier molecular flexibility index (Phi) is 10.6. The van der Waals surface area contributed by atoms with Crippen LogP contribution in [0.3, 0.4) is 0 Å². The number of nitrogens with one attached hydrogen (secondary N) is 4. The first-order valence-electron chi connectivity index (χ1n) is 10.2. The Morgan fingerprint density at radius 1 is 0.969 bits per heavy atom. The number of carboxylic acids is 1. The number of halogens is 1. The summed E-state index contributed by atoms with van der Waals surface area (Å²) in [6.45, 7) is 6.15. The maximum absolute atomic E-state index is 13.2. The van der Waals surface area contributed by atoms with E-state index in [0.29, 0.717) is 0 Å². The van der Waals surface area contributed by atoms with Crippen LogP contribution in [-0.2, 0) is 14.4 Å². The van der Waals surface area contributed by atoms with Crippen LogP contribution in [0.5, 0.6) is 0 Å². The van der Waals surface area contributed by atoms with Crippen molar-refractivity contribution < 1.29 is 33.8 Å². The summed E-state index contributed by atoms with van der Waals surface area (Å²) in [4.78, 5) is 48.7. The first kappa shape index (κ1) is 26.8. The number of aliphatic hydroxyl groups excluding tert-OH is 1. The standard InChI is InChI=1S/C21H31FN4O6/c1-11(2)8-15(18(28)26-17(12(3)4)20(30)31)24-19(29)16(10-27)25-21(32)23-14-7-5-6-13(22)9-14/h5-7,9,11-12,15-17,27H,8,10H2,1-4H3,(H,24,29)(H,26,28)(H,30,31)(H2,23,25,32)/t15-,16-,17-/m0/s1. The molecule has 0 saturated heterocycles. The van der Waals surface area contributed by atoms with Gasteiger partial charge in [0.15, 0.2) is 0 Å². The van der Waals surface area contributed by atoms with E-state index in [-0.39, 0.29) is 23.9 Å². The Labute approximate surface area is 186 Å². The fraction of sp³-hybridized carbons (Fsp3) is 0.524. The summed E-state index contributed by atoms with van der Waals surface area (Å²) in [5.74, 6) is -3.70. The second kappa shape index (κ2) is 12.6. The van der Waals surface area contributed by atoms with Gasteiger partial charge in [-0.2, -0.15) is 0 Å². The van der Waals surface area contributed by atoms with Gasteiger partial charge in [0.05, 0.1) is 6.61 Å². The number of rotatable bonds is 11. The van der Waals surface area contributed by atoms with E-state index in [1.165, 1.54) is 18.2 Å². The van der Waals surface area contributed by atoms with Gasteiger partial charge in [-0.15, -0.1) is 0 Å². The highest BCUT2D eigenvalue weighted by Crippen LogP contribution is 2.10. The largest absolute Gasteiger partial charge is 0.480 e. The van der Waals surface area contributed by atoms with Gasteiger partial charge in [0.1, 0.15) is 23.9 Å². The fourth-order valence-corrected chi connectivity index (χ4v) is 2.83. The lowest BCUT2D eigenvalue weighted by Gasteiger charge is -2.26. The van der Waals surface area contributed by atoms with Crippen molar-refractivity contribution in [1.82, 2.24) is 16.0 Å². The van der Waals surface area contributed by atoms with Crippen LogP contribution in [0.25, 0.3) is 0 Å². The number of anilines is 1. The molecule has 0 aliphatic heterocycles. The summed E-state index contributed by atoms with van der Waals surface area (Å²) in [5.41, 5.74) is 0.144. The number of urea groups is 1. The van der Waals surface area contributed by atoms with Crippen molar-refractivity contribution in [2.45, 2.75) is 52.2 Å². The quantitative estimate of drug-likeness (QED) is 0.294. The molecule has 32 heavy (non-hydrogen) atoms. The van der Waals surface area contributed by atoms with Gasteiger partial charge in [-0.05, 0) is 36.5 Å². The predicted octanol–water partition coefficient (Wildman–Crippen LogP) is 1.06. The van der Waals surface area contributed by atoms with Gasteiger partial charge in [-0.25, -0.2) is 14.0 Å². The average molecular weight is 454 g/mol. The van der Waals surface area contributed by atoms with Gasteiger partial charge in [-0.3, -0.25) is 9.59 Å². The van der Waals surface area contributed by atoms with E-state index in [2.05, 4.69) is 21.3 Å². The van der Waals surface area contributed by atoms with Crippen LogP contribution in [0.15, 0.2) is 24.3 Å². The molecule has 0 bridgehead atoms. The molecule has 0 fully saturated rings. The average Bonchev–Trinajstić information content (AvgIpc) is 2.68. The molecule has 10 nitrogen and oxygen atoms in total. The molecule has 1 rings (SSSR count).